The first-order chi connectivity index (χ1) is 10.3. The number of aromatic amines is 1. The van der Waals surface area contributed by atoms with Crippen molar-refractivity contribution < 1.29 is 0 Å². The van der Waals surface area contributed by atoms with E-state index in [-0.39, 0.29) is 0 Å². The molecule has 1 aliphatic heterocycles. The van der Waals surface area contributed by atoms with Gasteiger partial charge in [0, 0.05) is 23.6 Å². The van der Waals surface area contributed by atoms with E-state index in [0.29, 0.717) is 0 Å². The van der Waals surface area contributed by atoms with Crippen LogP contribution in [0.1, 0.15) is 31.7 Å². The summed E-state index contributed by atoms with van der Waals surface area (Å²) >= 11 is 0. The monoisotopic (exact) mass is 285 g/mol. The number of piperidine rings is 1. The number of nitrogens with zero attached hydrogens (tertiary/aromatic N) is 1. The molecule has 1 aliphatic rings. The molecule has 0 amide bonds. The molecule has 0 aliphatic carbocycles. The summed E-state index contributed by atoms with van der Waals surface area (Å²) in [6.07, 6.45) is 6.02. The number of benzene rings is 1. The van der Waals surface area contributed by atoms with E-state index in [2.05, 4.69) is 46.4 Å². The van der Waals surface area contributed by atoms with Crippen LogP contribution in [0.25, 0.3) is 10.9 Å². The second-order valence-electron chi connectivity index (χ2n) is 6.41. The summed E-state index contributed by atoms with van der Waals surface area (Å²) < 4.78 is 0. The van der Waals surface area contributed by atoms with Crippen LogP contribution < -0.4 is 5.32 Å². The lowest BCUT2D eigenvalue weighted by atomic mass is 9.99. The molecule has 1 saturated heterocycles. The third kappa shape index (κ3) is 3.86. The van der Waals surface area contributed by atoms with Crippen LogP contribution in [0.5, 0.6) is 0 Å². The Balaban J connectivity index is 1.38. The molecule has 3 nitrogen and oxygen atoms in total. The largest absolute Gasteiger partial charge is 0.361 e. The SMILES string of the molecule is CC1CCN(CCCNCc2cccc3[nH]ccc23)CC1. The third-order valence-corrected chi connectivity index (χ3v) is 4.70. The highest BCUT2D eigenvalue weighted by Gasteiger charge is 2.14. The van der Waals surface area contributed by atoms with Gasteiger partial charge in [-0.25, -0.2) is 0 Å². The minimum Gasteiger partial charge on any atom is -0.361 e. The van der Waals surface area contributed by atoms with Crippen LogP contribution in [0, 0.1) is 5.92 Å². The zero-order chi connectivity index (χ0) is 14.5. The van der Waals surface area contributed by atoms with E-state index in [1.807, 2.05) is 6.20 Å². The molecule has 0 radical (unpaired) electrons. The van der Waals surface area contributed by atoms with Gasteiger partial charge in [-0.15, -0.1) is 0 Å². The maximum atomic E-state index is 3.59. The first-order valence-corrected chi connectivity index (χ1v) is 8.31. The summed E-state index contributed by atoms with van der Waals surface area (Å²) in [5.74, 6) is 0.932. The van der Waals surface area contributed by atoms with Gasteiger partial charge in [-0.3, -0.25) is 0 Å². The Hall–Kier alpha value is -1.32. The highest BCUT2D eigenvalue weighted by molar-refractivity contribution is 5.82. The predicted octanol–water partition coefficient (Wildman–Crippen LogP) is 3.38. The van der Waals surface area contributed by atoms with Crippen LogP contribution in [0.3, 0.4) is 0 Å². The van der Waals surface area contributed by atoms with Gasteiger partial charge in [-0.05, 0) is 69.1 Å². The first-order valence-electron chi connectivity index (χ1n) is 8.31. The van der Waals surface area contributed by atoms with Crippen LogP contribution in [0.15, 0.2) is 30.5 Å². The average Bonchev–Trinajstić information content (AvgIpc) is 2.98. The molecule has 2 aromatic rings. The van der Waals surface area contributed by atoms with Crippen LogP contribution in [0.2, 0.25) is 0 Å². The molecule has 1 fully saturated rings. The molecule has 3 heteroatoms. The first kappa shape index (κ1) is 14.6. The number of nitrogens with one attached hydrogen (secondary N) is 2. The Morgan fingerprint density at radius 1 is 1.24 bits per heavy atom. The maximum Gasteiger partial charge on any atom is 0.0457 e. The Kier molecular flexibility index (Phi) is 4.94. The number of H-pyrrole nitrogens is 1. The van der Waals surface area contributed by atoms with E-state index in [0.717, 1.165) is 19.0 Å². The fraction of sp³-hybridized carbons (Fsp3) is 0.556. The van der Waals surface area contributed by atoms with E-state index in [1.54, 1.807) is 0 Å². The van der Waals surface area contributed by atoms with Crippen molar-refractivity contribution >= 4 is 10.9 Å². The van der Waals surface area contributed by atoms with Gasteiger partial charge in [0.1, 0.15) is 0 Å². The molecular weight excluding hydrogens is 258 g/mol. The van der Waals surface area contributed by atoms with E-state index < -0.39 is 0 Å². The van der Waals surface area contributed by atoms with Crippen molar-refractivity contribution in [3.63, 3.8) is 0 Å². The molecule has 0 unspecified atom stereocenters. The molecule has 3 rings (SSSR count). The normalized spacial score (nSPS) is 17.6. The van der Waals surface area contributed by atoms with Gasteiger partial charge in [0.15, 0.2) is 0 Å². The smallest absolute Gasteiger partial charge is 0.0457 e. The molecule has 1 aromatic carbocycles. The Bertz CT molecular complexity index is 552. The quantitative estimate of drug-likeness (QED) is 0.797. The van der Waals surface area contributed by atoms with Gasteiger partial charge in [-0.2, -0.15) is 0 Å². The van der Waals surface area contributed by atoms with Crippen molar-refractivity contribution in [1.29, 1.82) is 0 Å². The van der Waals surface area contributed by atoms with Crippen LogP contribution in [-0.2, 0) is 6.54 Å². The van der Waals surface area contributed by atoms with Crippen LogP contribution in [-0.4, -0.2) is 36.1 Å². The lowest BCUT2D eigenvalue weighted by Gasteiger charge is -2.30. The third-order valence-electron chi connectivity index (χ3n) is 4.70. The van der Waals surface area contributed by atoms with Crippen molar-refractivity contribution in [1.82, 2.24) is 15.2 Å². The molecule has 1 aromatic heterocycles. The van der Waals surface area contributed by atoms with E-state index in [4.69, 9.17) is 0 Å². The summed E-state index contributed by atoms with van der Waals surface area (Å²) in [7, 11) is 0. The zero-order valence-corrected chi connectivity index (χ0v) is 13.1. The van der Waals surface area contributed by atoms with Gasteiger partial charge in [0.05, 0.1) is 0 Å². The molecule has 0 spiro atoms. The number of fused-ring (bicyclic) bond motifs is 1. The second-order valence-corrected chi connectivity index (χ2v) is 6.41. The molecule has 0 bridgehead atoms. The van der Waals surface area contributed by atoms with Crippen molar-refractivity contribution in [2.24, 2.45) is 5.92 Å². The number of rotatable bonds is 6. The zero-order valence-electron chi connectivity index (χ0n) is 13.1. The molecule has 21 heavy (non-hydrogen) atoms. The summed E-state index contributed by atoms with van der Waals surface area (Å²) in [6.45, 7) is 8.28. The van der Waals surface area contributed by atoms with E-state index >= 15 is 0 Å². The number of hydrogen-bond donors (Lipinski definition) is 2. The molecule has 2 N–H and O–H groups in total. The molecule has 0 atom stereocenters. The number of hydrogen-bond acceptors (Lipinski definition) is 2. The minimum atomic E-state index is 0.932. The Labute approximate surface area is 127 Å². The highest BCUT2D eigenvalue weighted by atomic mass is 15.1. The summed E-state index contributed by atoms with van der Waals surface area (Å²) in [4.78, 5) is 5.89. The van der Waals surface area contributed by atoms with Crippen molar-refractivity contribution in [2.75, 3.05) is 26.2 Å². The van der Waals surface area contributed by atoms with E-state index in [9.17, 15) is 0 Å². The molecular formula is C18H27N3. The topological polar surface area (TPSA) is 31.1 Å². The predicted molar refractivity (Wildman–Crippen MR) is 89.5 cm³/mol. The number of aromatic nitrogens is 1. The molecule has 0 saturated carbocycles. The van der Waals surface area contributed by atoms with Gasteiger partial charge in [0.25, 0.3) is 0 Å². The molecule has 114 valence electrons. The van der Waals surface area contributed by atoms with Crippen molar-refractivity contribution in [2.45, 2.75) is 32.7 Å². The van der Waals surface area contributed by atoms with Crippen molar-refractivity contribution in [3.05, 3.63) is 36.0 Å². The van der Waals surface area contributed by atoms with Gasteiger partial charge < -0.3 is 15.2 Å². The summed E-state index contributed by atoms with van der Waals surface area (Å²) in [5.41, 5.74) is 2.62. The molecule has 2 heterocycles. The lowest BCUT2D eigenvalue weighted by molar-refractivity contribution is 0.190. The minimum absolute atomic E-state index is 0.932. The lowest BCUT2D eigenvalue weighted by Crippen LogP contribution is -2.34. The van der Waals surface area contributed by atoms with Gasteiger partial charge >= 0.3 is 0 Å². The second kappa shape index (κ2) is 7.10. The Morgan fingerprint density at radius 2 is 2.10 bits per heavy atom. The number of likely N-dealkylation sites (tertiary alicyclic amines) is 1. The summed E-state index contributed by atoms with van der Waals surface area (Å²) in [6, 6.07) is 8.65. The van der Waals surface area contributed by atoms with E-state index in [1.165, 1.54) is 55.4 Å². The van der Waals surface area contributed by atoms with Gasteiger partial charge in [-0.1, -0.05) is 19.1 Å². The highest BCUT2D eigenvalue weighted by Crippen LogP contribution is 2.17. The van der Waals surface area contributed by atoms with Crippen LogP contribution in [0.4, 0.5) is 0 Å². The fourth-order valence-corrected chi connectivity index (χ4v) is 3.24. The fourth-order valence-electron chi connectivity index (χ4n) is 3.24. The summed E-state index contributed by atoms with van der Waals surface area (Å²) in [5, 5.41) is 4.93. The standard InChI is InChI=1S/C18H27N3/c1-15-7-12-21(13-8-15)11-3-9-19-14-16-4-2-5-18-17(16)6-10-20-18/h2,4-6,10,15,19-20H,3,7-9,11-14H2,1H3. The average molecular weight is 285 g/mol. The Morgan fingerprint density at radius 3 is 2.95 bits per heavy atom. The van der Waals surface area contributed by atoms with Crippen molar-refractivity contribution in [3.8, 4) is 0 Å². The van der Waals surface area contributed by atoms with Crippen LogP contribution >= 0.6 is 0 Å². The van der Waals surface area contributed by atoms with Gasteiger partial charge in [0.2, 0.25) is 0 Å². The maximum absolute atomic E-state index is 3.59.